The van der Waals surface area contributed by atoms with E-state index in [-0.39, 0.29) is 17.3 Å². The van der Waals surface area contributed by atoms with Gasteiger partial charge < -0.3 is 14.6 Å². The van der Waals surface area contributed by atoms with E-state index in [1.165, 1.54) is 16.7 Å². The SMILES string of the molecule is COC1=CC=C2C3Cc4ccc(O)c5c4C2(CCN3C)[C@@H]1O5. The molecular weight excluding hydrogens is 278 g/mol. The lowest BCUT2D eigenvalue weighted by Crippen LogP contribution is -2.58. The lowest BCUT2D eigenvalue weighted by atomic mass is 9.57. The van der Waals surface area contributed by atoms with Crippen LogP contribution in [0.5, 0.6) is 11.5 Å². The highest BCUT2D eigenvalue weighted by molar-refractivity contribution is 5.67. The molecule has 0 saturated carbocycles. The van der Waals surface area contributed by atoms with E-state index < -0.39 is 0 Å². The van der Waals surface area contributed by atoms with Crippen LogP contribution < -0.4 is 4.74 Å². The van der Waals surface area contributed by atoms with Crippen LogP contribution in [0.4, 0.5) is 0 Å². The minimum absolute atomic E-state index is 0.143. The fourth-order valence-corrected chi connectivity index (χ4v) is 4.95. The van der Waals surface area contributed by atoms with Crippen molar-refractivity contribution in [3.8, 4) is 11.5 Å². The Kier molecular flexibility index (Phi) is 2.22. The number of benzene rings is 1. The smallest absolute Gasteiger partial charge is 0.169 e. The van der Waals surface area contributed by atoms with Crippen LogP contribution in [0.2, 0.25) is 0 Å². The first-order valence-corrected chi connectivity index (χ1v) is 7.85. The number of aromatic hydroxyl groups is 1. The second-order valence-corrected chi connectivity index (χ2v) is 6.76. The molecule has 2 heterocycles. The summed E-state index contributed by atoms with van der Waals surface area (Å²) in [6.45, 7) is 1.04. The van der Waals surface area contributed by atoms with Crippen LogP contribution in [-0.2, 0) is 16.6 Å². The maximum Gasteiger partial charge on any atom is 0.169 e. The van der Waals surface area contributed by atoms with Crippen molar-refractivity contribution >= 4 is 0 Å². The third kappa shape index (κ3) is 1.20. The van der Waals surface area contributed by atoms with Gasteiger partial charge in [0.15, 0.2) is 17.6 Å². The van der Waals surface area contributed by atoms with Gasteiger partial charge in [0.1, 0.15) is 5.76 Å². The Morgan fingerprint density at radius 3 is 3.05 bits per heavy atom. The van der Waals surface area contributed by atoms with Crippen molar-refractivity contribution in [3.63, 3.8) is 0 Å². The molecule has 4 nitrogen and oxygen atoms in total. The van der Waals surface area contributed by atoms with E-state index >= 15 is 0 Å². The first-order chi connectivity index (χ1) is 10.7. The minimum atomic E-state index is -0.154. The molecule has 1 aromatic rings. The number of allylic oxidation sites excluding steroid dienone is 2. The van der Waals surface area contributed by atoms with E-state index in [1.807, 2.05) is 6.08 Å². The molecule has 114 valence electrons. The second-order valence-electron chi connectivity index (χ2n) is 6.76. The molecule has 2 aliphatic heterocycles. The number of ether oxygens (including phenoxy) is 2. The molecule has 22 heavy (non-hydrogen) atoms. The zero-order valence-electron chi connectivity index (χ0n) is 12.8. The summed E-state index contributed by atoms with van der Waals surface area (Å²) in [6.07, 6.45) is 6.11. The largest absolute Gasteiger partial charge is 0.504 e. The zero-order chi connectivity index (χ0) is 15.1. The van der Waals surface area contributed by atoms with Crippen molar-refractivity contribution in [1.29, 1.82) is 0 Å². The van der Waals surface area contributed by atoms with E-state index in [9.17, 15) is 5.11 Å². The van der Waals surface area contributed by atoms with Crippen LogP contribution >= 0.6 is 0 Å². The van der Waals surface area contributed by atoms with Crippen molar-refractivity contribution < 1.29 is 14.6 Å². The van der Waals surface area contributed by atoms with E-state index in [4.69, 9.17) is 9.47 Å². The van der Waals surface area contributed by atoms with E-state index in [0.717, 1.165) is 25.1 Å². The van der Waals surface area contributed by atoms with Crippen LogP contribution in [-0.4, -0.2) is 42.9 Å². The first kappa shape index (κ1) is 12.6. The molecule has 5 rings (SSSR count). The van der Waals surface area contributed by atoms with Gasteiger partial charge in [-0.2, -0.15) is 0 Å². The molecular formula is C18H19NO3. The number of rotatable bonds is 1. The summed E-state index contributed by atoms with van der Waals surface area (Å²) in [7, 11) is 3.90. The molecule has 2 aliphatic carbocycles. The fourth-order valence-electron chi connectivity index (χ4n) is 4.95. The average molecular weight is 297 g/mol. The summed E-state index contributed by atoms with van der Waals surface area (Å²) in [4.78, 5) is 2.44. The molecule has 4 heteroatoms. The molecule has 1 saturated heterocycles. The van der Waals surface area contributed by atoms with Crippen LogP contribution in [0.3, 0.4) is 0 Å². The van der Waals surface area contributed by atoms with E-state index in [1.54, 1.807) is 13.2 Å². The summed E-state index contributed by atoms with van der Waals surface area (Å²) in [6, 6.07) is 4.25. The van der Waals surface area contributed by atoms with Gasteiger partial charge in [0.05, 0.1) is 12.5 Å². The van der Waals surface area contributed by atoms with Crippen molar-refractivity contribution in [3.05, 3.63) is 46.7 Å². The quantitative estimate of drug-likeness (QED) is 0.862. The molecule has 2 bridgehead atoms. The van der Waals surface area contributed by atoms with Crippen LogP contribution in [0.1, 0.15) is 17.5 Å². The first-order valence-electron chi connectivity index (χ1n) is 7.85. The van der Waals surface area contributed by atoms with Crippen LogP contribution in [0.25, 0.3) is 0 Å². The monoisotopic (exact) mass is 297 g/mol. The highest BCUT2D eigenvalue weighted by Gasteiger charge is 2.61. The Labute approximate surface area is 129 Å². The highest BCUT2D eigenvalue weighted by Crippen LogP contribution is 2.62. The van der Waals surface area contributed by atoms with Gasteiger partial charge in [0.25, 0.3) is 0 Å². The van der Waals surface area contributed by atoms with Gasteiger partial charge >= 0.3 is 0 Å². The molecule has 1 fully saturated rings. The van der Waals surface area contributed by atoms with Gasteiger partial charge in [-0.05, 0) is 49.7 Å². The van der Waals surface area contributed by atoms with Gasteiger partial charge in [-0.3, -0.25) is 4.90 Å². The Balaban J connectivity index is 1.86. The van der Waals surface area contributed by atoms with Crippen molar-refractivity contribution in [1.82, 2.24) is 4.90 Å². The van der Waals surface area contributed by atoms with Crippen LogP contribution in [0, 0.1) is 0 Å². The average Bonchev–Trinajstić information content (AvgIpc) is 2.88. The van der Waals surface area contributed by atoms with Crippen molar-refractivity contribution in [2.45, 2.75) is 30.4 Å². The number of nitrogens with zero attached hydrogens (tertiary/aromatic N) is 1. The van der Waals surface area contributed by atoms with Gasteiger partial charge in [0.2, 0.25) is 0 Å². The zero-order valence-corrected chi connectivity index (χ0v) is 12.8. The number of likely N-dealkylation sites (tertiary alicyclic amines) is 1. The van der Waals surface area contributed by atoms with Crippen LogP contribution in [0.15, 0.2) is 35.6 Å². The van der Waals surface area contributed by atoms with Crippen molar-refractivity contribution in [2.24, 2.45) is 0 Å². The predicted molar refractivity (Wildman–Crippen MR) is 82.1 cm³/mol. The standard InChI is InChI=1S/C18H19NO3/c1-19-8-7-18-11-4-6-14(21-2)17(18)22-16-13(20)5-3-10(15(16)18)9-12(11)19/h3-6,12,17,20H,7-9H2,1-2H3/t12?,17-,18?/m1/s1. The predicted octanol–water partition coefficient (Wildman–Crippen LogP) is 2.12. The summed E-state index contributed by atoms with van der Waals surface area (Å²) in [5.41, 5.74) is 3.78. The molecule has 4 aliphatic rings. The molecule has 0 amide bonds. The number of phenols is 1. The molecule has 2 unspecified atom stereocenters. The number of hydrogen-bond acceptors (Lipinski definition) is 4. The number of piperidine rings is 1. The lowest BCUT2D eigenvalue weighted by Gasteiger charge is -2.52. The molecule has 1 N–H and O–H groups in total. The summed E-state index contributed by atoms with van der Waals surface area (Å²) >= 11 is 0. The van der Waals surface area contributed by atoms with Gasteiger partial charge in [0, 0.05) is 11.6 Å². The Morgan fingerprint density at radius 1 is 1.36 bits per heavy atom. The maximum atomic E-state index is 10.3. The lowest BCUT2D eigenvalue weighted by molar-refractivity contribution is 0.0735. The van der Waals surface area contributed by atoms with E-state index in [2.05, 4.69) is 24.1 Å². The molecule has 1 aromatic carbocycles. The molecule has 3 atom stereocenters. The Morgan fingerprint density at radius 2 is 2.23 bits per heavy atom. The van der Waals surface area contributed by atoms with E-state index in [0.29, 0.717) is 11.8 Å². The number of phenolic OH excluding ortho intramolecular Hbond substituents is 1. The molecule has 0 radical (unpaired) electrons. The topological polar surface area (TPSA) is 41.9 Å². The number of methoxy groups -OCH3 is 1. The minimum Gasteiger partial charge on any atom is -0.504 e. The summed E-state index contributed by atoms with van der Waals surface area (Å²) < 4.78 is 11.8. The Hall–Kier alpha value is -1.94. The van der Waals surface area contributed by atoms with Crippen molar-refractivity contribution in [2.75, 3.05) is 20.7 Å². The van der Waals surface area contributed by atoms with Gasteiger partial charge in [-0.15, -0.1) is 0 Å². The second kappa shape index (κ2) is 3.87. The molecule has 0 aromatic heterocycles. The molecule has 1 spiro atoms. The third-order valence-electron chi connectivity index (χ3n) is 5.95. The maximum absolute atomic E-state index is 10.3. The Bertz CT molecular complexity index is 751. The van der Waals surface area contributed by atoms with Gasteiger partial charge in [-0.25, -0.2) is 0 Å². The van der Waals surface area contributed by atoms with Gasteiger partial charge in [-0.1, -0.05) is 12.1 Å². The number of likely N-dealkylation sites (N-methyl/N-ethyl adjacent to an activating group) is 1. The summed E-state index contributed by atoms with van der Waals surface area (Å²) in [5, 5.41) is 10.3. The normalized spacial score (nSPS) is 34.5. The third-order valence-corrected chi connectivity index (χ3v) is 5.95. The number of hydrogen-bond donors (Lipinski definition) is 1. The summed E-state index contributed by atoms with van der Waals surface area (Å²) in [5.74, 6) is 1.77. The highest BCUT2D eigenvalue weighted by atomic mass is 16.5. The fraction of sp³-hybridized carbons (Fsp3) is 0.444.